The molecule has 0 aromatic heterocycles. The molecule has 0 aromatic carbocycles. The van der Waals surface area contributed by atoms with E-state index in [0.29, 0.717) is 0 Å². The fourth-order valence-corrected chi connectivity index (χ4v) is 0.373. The van der Waals surface area contributed by atoms with Crippen LogP contribution >= 0.6 is 0 Å². The smallest absolute Gasteiger partial charge is 0.268 e. The van der Waals surface area contributed by atoms with Crippen molar-refractivity contribution >= 4 is 0 Å². The Hall–Kier alpha value is 0.290. The minimum atomic E-state index is 0. The van der Waals surface area contributed by atoms with E-state index in [-0.39, 0.29) is 30.1 Å². The number of hydrogen-bond donors (Lipinski definition) is 1. The summed E-state index contributed by atoms with van der Waals surface area (Å²) in [5, 5.41) is 2.79. The van der Waals surface area contributed by atoms with Gasteiger partial charge in [-0.2, -0.15) is 0 Å². The van der Waals surface area contributed by atoms with Gasteiger partial charge in [0.1, 0.15) is 0 Å². The standard InChI is InChI=1S/C3H6N2O.HI/c1-5-2-3(5)4-6;/h3H,2H2,1H3;1H. The van der Waals surface area contributed by atoms with Crippen LogP contribution in [0.4, 0.5) is 0 Å². The van der Waals surface area contributed by atoms with Gasteiger partial charge in [-0.1, -0.05) is 0 Å². The quantitative estimate of drug-likeness (QED) is 0.267. The number of quaternary nitrogens is 1. The van der Waals surface area contributed by atoms with E-state index in [1.54, 1.807) is 0 Å². The van der Waals surface area contributed by atoms with Gasteiger partial charge in [0.25, 0.3) is 6.17 Å². The SMILES string of the molecule is C[NH+]1CC1N=O.[I-]. The maximum atomic E-state index is 9.51. The molecule has 0 spiro atoms. The number of halogens is 1. The van der Waals surface area contributed by atoms with Gasteiger partial charge in [-0.15, -0.1) is 4.91 Å². The molecule has 1 saturated heterocycles. The summed E-state index contributed by atoms with van der Waals surface area (Å²) in [6, 6.07) is 0. The molecule has 1 aliphatic rings. The van der Waals surface area contributed by atoms with Gasteiger partial charge in [0.05, 0.1) is 7.05 Å². The Balaban J connectivity index is 0.000000360. The summed E-state index contributed by atoms with van der Waals surface area (Å²) in [6.07, 6.45) is 0.0880. The van der Waals surface area contributed by atoms with Crippen molar-refractivity contribution in [3.05, 3.63) is 4.91 Å². The first kappa shape index (κ1) is 7.29. The fraction of sp³-hybridized carbons (Fsp3) is 1.00. The zero-order chi connectivity index (χ0) is 4.57. The molecule has 4 heteroatoms. The second kappa shape index (κ2) is 2.56. The van der Waals surface area contributed by atoms with Crippen LogP contribution in [0.25, 0.3) is 0 Å². The lowest BCUT2D eigenvalue weighted by molar-refractivity contribution is -0.749. The van der Waals surface area contributed by atoms with E-state index < -0.39 is 0 Å². The normalized spacial score (nSPS) is 36.1. The van der Waals surface area contributed by atoms with Crippen molar-refractivity contribution in [2.24, 2.45) is 5.18 Å². The van der Waals surface area contributed by atoms with Gasteiger partial charge in [-0.3, -0.25) is 0 Å². The summed E-state index contributed by atoms with van der Waals surface area (Å²) in [4.78, 5) is 10.7. The Morgan fingerprint density at radius 3 is 2.29 bits per heavy atom. The molecule has 1 N–H and O–H groups in total. The van der Waals surface area contributed by atoms with Crippen LogP contribution in [-0.4, -0.2) is 19.8 Å². The van der Waals surface area contributed by atoms with Gasteiger partial charge in [0.15, 0.2) is 6.54 Å². The molecule has 0 amide bonds. The topological polar surface area (TPSA) is 33.9 Å². The number of likely N-dealkylation sites (N-methyl/N-ethyl adjacent to an activating group) is 1. The Morgan fingerprint density at radius 2 is 2.29 bits per heavy atom. The van der Waals surface area contributed by atoms with Crippen molar-refractivity contribution < 1.29 is 28.9 Å². The van der Waals surface area contributed by atoms with Crippen LogP contribution in [0.2, 0.25) is 0 Å². The monoisotopic (exact) mass is 214 g/mol. The third-order valence-corrected chi connectivity index (χ3v) is 1.05. The zero-order valence-corrected chi connectivity index (χ0v) is 6.18. The molecule has 2 atom stereocenters. The second-order valence-corrected chi connectivity index (χ2v) is 1.67. The number of hydrogen-bond acceptors (Lipinski definition) is 2. The van der Waals surface area contributed by atoms with Crippen LogP contribution in [0.15, 0.2) is 5.18 Å². The van der Waals surface area contributed by atoms with E-state index in [2.05, 4.69) is 5.18 Å². The van der Waals surface area contributed by atoms with Gasteiger partial charge < -0.3 is 28.9 Å². The first-order valence-corrected chi connectivity index (χ1v) is 1.99. The third kappa shape index (κ3) is 1.68. The van der Waals surface area contributed by atoms with Gasteiger partial charge in [0, 0.05) is 0 Å². The van der Waals surface area contributed by atoms with E-state index in [4.69, 9.17) is 0 Å². The summed E-state index contributed by atoms with van der Waals surface area (Å²) in [5.74, 6) is 0. The summed E-state index contributed by atoms with van der Waals surface area (Å²) < 4.78 is 0. The molecular weight excluding hydrogens is 207 g/mol. The van der Waals surface area contributed by atoms with Crippen molar-refractivity contribution in [1.29, 1.82) is 0 Å². The summed E-state index contributed by atoms with van der Waals surface area (Å²) in [5.41, 5.74) is 0. The average molecular weight is 214 g/mol. The van der Waals surface area contributed by atoms with E-state index in [0.717, 1.165) is 6.54 Å². The molecule has 0 radical (unpaired) electrons. The lowest BCUT2D eigenvalue weighted by Crippen LogP contribution is -3.00. The molecular formula is C3H7IN2O. The fourth-order valence-electron chi connectivity index (χ4n) is 0.373. The minimum absolute atomic E-state index is 0. The molecule has 0 aliphatic carbocycles. The largest absolute Gasteiger partial charge is 1.00 e. The summed E-state index contributed by atoms with van der Waals surface area (Å²) in [6.45, 7) is 0.934. The molecule has 0 aromatic rings. The number of nitrogens with zero attached hydrogens (tertiary/aromatic N) is 1. The zero-order valence-electron chi connectivity index (χ0n) is 4.02. The van der Waals surface area contributed by atoms with E-state index in [1.165, 1.54) is 4.90 Å². The molecule has 1 fully saturated rings. The Labute approximate surface area is 59.1 Å². The lowest BCUT2D eigenvalue weighted by atomic mass is 10.8. The van der Waals surface area contributed by atoms with Crippen LogP contribution in [0, 0.1) is 4.91 Å². The maximum absolute atomic E-state index is 9.51. The summed E-state index contributed by atoms with van der Waals surface area (Å²) in [7, 11) is 1.95. The molecule has 42 valence electrons. The third-order valence-electron chi connectivity index (χ3n) is 1.05. The predicted octanol–water partition coefficient (Wildman–Crippen LogP) is -4.39. The second-order valence-electron chi connectivity index (χ2n) is 1.67. The average Bonchev–Trinajstić information content (AvgIpc) is 2.19. The first-order valence-electron chi connectivity index (χ1n) is 1.99. The number of nitrogens with one attached hydrogen (secondary N) is 1. The molecule has 2 unspecified atom stereocenters. The lowest BCUT2D eigenvalue weighted by Gasteiger charge is -1.70. The molecule has 0 saturated carbocycles. The molecule has 1 aliphatic heterocycles. The highest BCUT2D eigenvalue weighted by Crippen LogP contribution is 1.83. The van der Waals surface area contributed by atoms with Crippen molar-refractivity contribution in [2.45, 2.75) is 6.17 Å². The van der Waals surface area contributed by atoms with E-state index in [9.17, 15) is 4.91 Å². The maximum Gasteiger partial charge on any atom is 0.268 e. The van der Waals surface area contributed by atoms with Crippen LogP contribution in [0.1, 0.15) is 0 Å². The van der Waals surface area contributed by atoms with Gasteiger partial charge in [-0.25, -0.2) is 0 Å². The number of rotatable bonds is 1. The van der Waals surface area contributed by atoms with Crippen LogP contribution < -0.4 is 28.9 Å². The molecule has 7 heavy (non-hydrogen) atoms. The van der Waals surface area contributed by atoms with E-state index >= 15 is 0 Å². The van der Waals surface area contributed by atoms with Crippen LogP contribution in [0.3, 0.4) is 0 Å². The van der Waals surface area contributed by atoms with Crippen molar-refractivity contribution in [1.82, 2.24) is 0 Å². The van der Waals surface area contributed by atoms with Crippen molar-refractivity contribution in [2.75, 3.05) is 13.6 Å². The van der Waals surface area contributed by atoms with Crippen LogP contribution in [0.5, 0.6) is 0 Å². The van der Waals surface area contributed by atoms with Crippen molar-refractivity contribution in [3.8, 4) is 0 Å². The molecule has 3 nitrogen and oxygen atoms in total. The van der Waals surface area contributed by atoms with Gasteiger partial charge >= 0.3 is 0 Å². The minimum Gasteiger partial charge on any atom is -1.00 e. The first-order chi connectivity index (χ1) is 2.84. The van der Waals surface area contributed by atoms with E-state index in [1.807, 2.05) is 7.05 Å². The van der Waals surface area contributed by atoms with Gasteiger partial charge in [0.2, 0.25) is 0 Å². The predicted molar refractivity (Wildman–Crippen MR) is 21.3 cm³/mol. The highest BCUT2D eigenvalue weighted by atomic mass is 127. The summed E-state index contributed by atoms with van der Waals surface area (Å²) >= 11 is 0. The Bertz CT molecular complexity index is 77.3. The van der Waals surface area contributed by atoms with Crippen LogP contribution in [-0.2, 0) is 0 Å². The Kier molecular flexibility index (Phi) is 2.67. The molecule has 1 heterocycles. The highest BCUT2D eigenvalue weighted by Gasteiger charge is 2.37. The van der Waals surface area contributed by atoms with Gasteiger partial charge in [-0.05, 0) is 5.18 Å². The molecule has 0 bridgehead atoms. The van der Waals surface area contributed by atoms with Crippen molar-refractivity contribution in [3.63, 3.8) is 0 Å². The number of nitroso groups, excluding NO2 is 1. The Morgan fingerprint density at radius 1 is 1.86 bits per heavy atom. The molecule has 1 rings (SSSR count). The highest BCUT2D eigenvalue weighted by molar-refractivity contribution is 4.56.